The first-order chi connectivity index (χ1) is 6.61. The van der Waals surface area contributed by atoms with Crippen LogP contribution < -0.4 is 5.32 Å². The van der Waals surface area contributed by atoms with Crippen LogP contribution in [0.2, 0.25) is 0 Å². The molecule has 0 aliphatic heterocycles. The number of nitrogens with zero attached hydrogens (tertiary/aromatic N) is 1. The molecule has 0 radical (unpaired) electrons. The molecule has 0 saturated carbocycles. The van der Waals surface area contributed by atoms with Crippen molar-refractivity contribution in [3.8, 4) is 0 Å². The number of carbonyl (C=O) groups excluding carboxylic acids is 2. The molecule has 0 fully saturated rings. The first kappa shape index (κ1) is 14.1. The van der Waals surface area contributed by atoms with Crippen molar-refractivity contribution in [2.24, 2.45) is 0 Å². The summed E-state index contributed by atoms with van der Waals surface area (Å²) in [5, 5.41) is 2.73. The summed E-state index contributed by atoms with van der Waals surface area (Å²) >= 11 is 2.00. The van der Waals surface area contributed by atoms with Gasteiger partial charge in [-0.15, -0.1) is 9.24 Å². The number of halogens is 1. The van der Waals surface area contributed by atoms with Gasteiger partial charge in [0.05, 0.1) is 4.43 Å². The molecule has 0 saturated heterocycles. The van der Waals surface area contributed by atoms with Gasteiger partial charge in [0.15, 0.2) is 0 Å². The maximum atomic E-state index is 11.1. The van der Waals surface area contributed by atoms with Crippen molar-refractivity contribution in [2.45, 2.75) is 6.92 Å². The van der Waals surface area contributed by atoms with Crippen LogP contribution in [-0.4, -0.2) is 46.9 Å². The fraction of sp³-hybridized carbons (Fsp3) is 0.750. The van der Waals surface area contributed by atoms with Crippen LogP contribution in [0, 0.1) is 0 Å². The molecule has 0 aliphatic rings. The second kappa shape index (κ2) is 8.41. The van der Waals surface area contributed by atoms with Crippen LogP contribution in [0.25, 0.3) is 0 Å². The molecule has 14 heavy (non-hydrogen) atoms. The number of nitrogens with one attached hydrogen (secondary N) is 1. The Morgan fingerprint density at radius 1 is 1.43 bits per heavy atom. The average molecular weight is 330 g/mol. The van der Waals surface area contributed by atoms with Crippen molar-refractivity contribution in [1.29, 1.82) is 0 Å². The van der Waals surface area contributed by atoms with E-state index in [0.717, 1.165) is 12.7 Å². The highest BCUT2D eigenvalue weighted by Crippen LogP contribution is 1.91. The zero-order chi connectivity index (χ0) is 11.0. The molecular formula is C8H16IN2O2P. The summed E-state index contributed by atoms with van der Waals surface area (Å²) in [4.78, 5) is 23.7. The molecule has 6 heteroatoms. The second-order valence-corrected chi connectivity index (χ2v) is 4.12. The van der Waals surface area contributed by atoms with Crippen molar-refractivity contribution < 1.29 is 9.59 Å². The van der Waals surface area contributed by atoms with Crippen molar-refractivity contribution in [1.82, 2.24) is 10.2 Å². The molecule has 0 spiro atoms. The largest absolute Gasteiger partial charge is 0.354 e. The molecule has 1 atom stereocenters. The lowest BCUT2D eigenvalue weighted by atomic mass is 10.4. The lowest BCUT2D eigenvalue weighted by Gasteiger charge is -2.20. The predicted octanol–water partition coefficient (Wildman–Crippen LogP) is 0.261. The maximum Gasteiger partial charge on any atom is 0.229 e. The molecule has 82 valence electrons. The maximum absolute atomic E-state index is 11.1. The SMILES string of the molecule is CC(=O)N(CCP)CCNC(=O)CI. The zero-order valence-corrected chi connectivity index (χ0v) is 11.6. The summed E-state index contributed by atoms with van der Waals surface area (Å²) in [5.41, 5.74) is 0. The highest BCUT2D eigenvalue weighted by Gasteiger charge is 2.06. The molecular weight excluding hydrogens is 314 g/mol. The van der Waals surface area contributed by atoms with Crippen molar-refractivity contribution >= 4 is 43.6 Å². The van der Waals surface area contributed by atoms with E-state index < -0.39 is 0 Å². The molecule has 0 aromatic heterocycles. The van der Waals surface area contributed by atoms with Crippen molar-refractivity contribution in [2.75, 3.05) is 30.2 Å². The van der Waals surface area contributed by atoms with E-state index in [9.17, 15) is 9.59 Å². The smallest absolute Gasteiger partial charge is 0.229 e. The minimum Gasteiger partial charge on any atom is -0.354 e. The quantitative estimate of drug-likeness (QED) is 0.432. The number of hydrogen-bond donors (Lipinski definition) is 1. The van der Waals surface area contributed by atoms with E-state index in [1.54, 1.807) is 11.8 Å². The topological polar surface area (TPSA) is 49.4 Å². The van der Waals surface area contributed by atoms with Crippen LogP contribution in [0.4, 0.5) is 0 Å². The Balaban J connectivity index is 3.71. The number of carbonyl (C=O) groups is 2. The normalized spacial score (nSPS) is 9.64. The van der Waals surface area contributed by atoms with Crippen molar-refractivity contribution in [3.63, 3.8) is 0 Å². The third kappa shape index (κ3) is 6.54. The number of amides is 2. The fourth-order valence-corrected chi connectivity index (χ4v) is 1.54. The van der Waals surface area contributed by atoms with Gasteiger partial charge in [0.1, 0.15) is 0 Å². The van der Waals surface area contributed by atoms with Gasteiger partial charge in [-0.1, -0.05) is 22.6 Å². The van der Waals surface area contributed by atoms with Gasteiger partial charge >= 0.3 is 0 Å². The molecule has 1 N–H and O–H groups in total. The third-order valence-corrected chi connectivity index (χ3v) is 2.62. The molecule has 0 rings (SSSR count). The summed E-state index contributed by atoms with van der Waals surface area (Å²) in [7, 11) is 2.58. The van der Waals surface area contributed by atoms with Gasteiger partial charge in [0.25, 0.3) is 0 Å². The van der Waals surface area contributed by atoms with E-state index >= 15 is 0 Å². The zero-order valence-electron chi connectivity index (χ0n) is 8.25. The highest BCUT2D eigenvalue weighted by atomic mass is 127. The Bertz CT molecular complexity index is 202. The molecule has 1 unspecified atom stereocenters. The molecule has 2 amide bonds. The molecule has 0 aliphatic carbocycles. The van der Waals surface area contributed by atoms with Crippen LogP contribution >= 0.6 is 31.8 Å². The molecule has 4 nitrogen and oxygen atoms in total. The van der Waals surface area contributed by atoms with Crippen LogP contribution in [-0.2, 0) is 9.59 Å². The van der Waals surface area contributed by atoms with Crippen LogP contribution in [0.5, 0.6) is 0 Å². The van der Waals surface area contributed by atoms with Gasteiger partial charge in [-0.2, -0.15) is 0 Å². The first-order valence-corrected chi connectivity index (χ1v) is 6.74. The van der Waals surface area contributed by atoms with E-state index in [1.807, 2.05) is 22.6 Å². The third-order valence-electron chi connectivity index (χ3n) is 1.67. The monoisotopic (exact) mass is 330 g/mol. The highest BCUT2D eigenvalue weighted by molar-refractivity contribution is 14.1. The Morgan fingerprint density at radius 3 is 2.50 bits per heavy atom. The molecule has 0 aromatic rings. The fourth-order valence-electron chi connectivity index (χ4n) is 0.960. The standard InChI is InChI=1S/C8H16IN2O2P/c1-7(12)11(4-5-14)3-2-10-8(13)6-9/h2-6,14H2,1H3,(H,10,13). The summed E-state index contributed by atoms with van der Waals surface area (Å²) in [6.45, 7) is 3.39. The van der Waals surface area contributed by atoms with Crippen LogP contribution in [0.3, 0.4) is 0 Å². The van der Waals surface area contributed by atoms with Crippen LogP contribution in [0.15, 0.2) is 0 Å². The van der Waals surface area contributed by atoms with Gasteiger partial charge in [-0.3, -0.25) is 9.59 Å². The van der Waals surface area contributed by atoms with E-state index in [2.05, 4.69) is 14.6 Å². The van der Waals surface area contributed by atoms with Gasteiger partial charge in [0, 0.05) is 26.6 Å². The van der Waals surface area contributed by atoms with Crippen LogP contribution in [0.1, 0.15) is 6.92 Å². The van der Waals surface area contributed by atoms with Gasteiger partial charge in [0.2, 0.25) is 11.8 Å². The van der Waals surface area contributed by atoms with E-state index in [1.165, 1.54) is 0 Å². The summed E-state index contributed by atoms with van der Waals surface area (Å²) in [6, 6.07) is 0. The lowest BCUT2D eigenvalue weighted by Crippen LogP contribution is -2.38. The Kier molecular flexibility index (Phi) is 8.47. The van der Waals surface area contributed by atoms with E-state index in [0.29, 0.717) is 17.5 Å². The van der Waals surface area contributed by atoms with Gasteiger partial charge in [-0.25, -0.2) is 0 Å². The average Bonchev–Trinajstić information content (AvgIpc) is 2.16. The number of alkyl halides is 1. The lowest BCUT2D eigenvalue weighted by molar-refractivity contribution is -0.129. The Labute approximate surface area is 101 Å². The minimum atomic E-state index is 0.0139. The minimum absolute atomic E-state index is 0.0139. The molecule has 0 heterocycles. The molecule has 0 aromatic carbocycles. The second-order valence-electron chi connectivity index (χ2n) is 2.78. The molecule has 0 bridgehead atoms. The van der Waals surface area contributed by atoms with E-state index in [-0.39, 0.29) is 11.8 Å². The summed E-state index contributed by atoms with van der Waals surface area (Å²) in [5.74, 6) is 0.0659. The van der Waals surface area contributed by atoms with Gasteiger partial charge < -0.3 is 10.2 Å². The van der Waals surface area contributed by atoms with E-state index in [4.69, 9.17) is 0 Å². The Hall–Kier alpha value is 0.1000. The predicted molar refractivity (Wildman–Crippen MR) is 68.7 cm³/mol. The van der Waals surface area contributed by atoms with Gasteiger partial charge in [-0.05, 0) is 6.16 Å². The summed E-state index contributed by atoms with van der Waals surface area (Å²) < 4.78 is 0.460. The summed E-state index contributed by atoms with van der Waals surface area (Å²) in [6.07, 6.45) is 0.861. The number of hydrogen-bond acceptors (Lipinski definition) is 2. The first-order valence-electron chi connectivity index (χ1n) is 4.40. The Morgan fingerprint density at radius 2 is 2.07 bits per heavy atom. The van der Waals surface area contributed by atoms with Crippen molar-refractivity contribution in [3.05, 3.63) is 0 Å². The number of rotatable bonds is 6.